The zero-order valence-corrected chi connectivity index (χ0v) is 10.6. The van der Waals surface area contributed by atoms with Gasteiger partial charge in [-0.25, -0.2) is 9.99 Å². The van der Waals surface area contributed by atoms with Crippen molar-refractivity contribution in [3.8, 4) is 0 Å². The molecule has 19 heavy (non-hydrogen) atoms. The minimum atomic E-state index is -9.63. The number of nitrogens with two attached hydrogens (primary N) is 1. The lowest BCUT2D eigenvalue weighted by Gasteiger charge is -2.40. The van der Waals surface area contributed by atoms with Crippen molar-refractivity contribution >= 4 is 16.0 Å². The normalized spacial score (nSPS) is 21.9. The molecule has 0 unspecified atom stereocenters. The third kappa shape index (κ3) is 3.45. The molecule has 1 aromatic heterocycles. The average Bonchev–Trinajstić information content (AvgIpc) is 2.27. The molecular formula is C9H13F5N4S. The first-order chi connectivity index (χ1) is 8.45. The van der Waals surface area contributed by atoms with E-state index in [1.165, 1.54) is 0 Å². The van der Waals surface area contributed by atoms with Crippen LogP contribution in [0.4, 0.5) is 25.2 Å². The molecule has 0 amide bonds. The molecule has 2 rings (SSSR count). The van der Waals surface area contributed by atoms with Gasteiger partial charge in [0.1, 0.15) is 10.7 Å². The highest BCUT2D eigenvalue weighted by Crippen LogP contribution is 3.02. The van der Waals surface area contributed by atoms with Gasteiger partial charge in [0.2, 0.25) is 0 Å². The number of hydrogen-bond acceptors (Lipinski definition) is 4. The molecule has 1 aliphatic rings. The highest BCUT2D eigenvalue weighted by Gasteiger charge is 2.65. The van der Waals surface area contributed by atoms with E-state index in [1.807, 2.05) is 0 Å². The van der Waals surface area contributed by atoms with Crippen molar-refractivity contribution in [2.75, 3.05) is 31.1 Å². The quantitative estimate of drug-likeness (QED) is 0.674. The van der Waals surface area contributed by atoms with Crippen LogP contribution in [0.1, 0.15) is 0 Å². The number of rotatable bonds is 2. The van der Waals surface area contributed by atoms with Crippen molar-refractivity contribution in [2.45, 2.75) is 4.90 Å². The van der Waals surface area contributed by atoms with E-state index < -0.39 is 15.1 Å². The van der Waals surface area contributed by atoms with Gasteiger partial charge in [0.15, 0.2) is 0 Å². The van der Waals surface area contributed by atoms with Crippen LogP contribution in [0.15, 0.2) is 23.2 Å². The second kappa shape index (κ2) is 3.70. The number of hydrogen-bond donors (Lipinski definition) is 1. The first-order valence-corrected chi connectivity index (χ1v) is 7.35. The Labute approximate surface area is 106 Å². The van der Waals surface area contributed by atoms with E-state index in [9.17, 15) is 19.4 Å². The van der Waals surface area contributed by atoms with Crippen LogP contribution < -0.4 is 10.7 Å². The van der Waals surface area contributed by atoms with Gasteiger partial charge in [-0.3, -0.25) is 5.84 Å². The summed E-state index contributed by atoms with van der Waals surface area (Å²) in [7, 11) is -9.63. The first kappa shape index (κ1) is 14.3. The molecule has 10 heteroatoms. The van der Waals surface area contributed by atoms with E-state index in [1.54, 1.807) is 9.91 Å². The number of pyridine rings is 1. The number of nitrogens with zero attached hydrogens (tertiary/aromatic N) is 3. The average molecular weight is 304 g/mol. The van der Waals surface area contributed by atoms with Crippen LogP contribution in [0, 0.1) is 0 Å². The Morgan fingerprint density at radius 1 is 1.00 bits per heavy atom. The lowest BCUT2D eigenvalue weighted by molar-refractivity contribution is 0.265. The van der Waals surface area contributed by atoms with Gasteiger partial charge in [-0.15, -0.1) is 0 Å². The summed E-state index contributed by atoms with van der Waals surface area (Å²) in [6, 6.07) is 1.33. The second-order valence-electron chi connectivity index (χ2n) is 4.34. The third-order valence-electron chi connectivity index (χ3n) is 2.80. The smallest absolute Gasteiger partial charge is 0.311 e. The Morgan fingerprint density at radius 3 is 2.00 bits per heavy atom. The van der Waals surface area contributed by atoms with Crippen LogP contribution in [-0.2, 0) is 0 Å². The Morgan fingerprint density at radius 2 is 1.58 bits per heavy atom. The van der Waals surface area contributed by atoms with Gasteiger partial charge in [-0.2, -0.15) is 0 Å². The van der Waals surface area contributed by atoms with Crippen LogP contribution in [0.5, 0.6) is 0 Å². The molecule has 0 radical (unpaired) electrons. The maximum absolute atomic E-state index is 12.5. The van der Waals surface area contributed by atoms with Crippen molar-refractivity contribution in [3.63, 3.8) is 0 Å². The van der Waals surface area contributed by atoms with Gasteiger partial charge in [-0.1, -0.05) is 19.4 Å². The maximum Gasteiger partial charge on any atom is 0.311 e. The predicted molar refractivity (Wildman–Crippen MR) is 63.6 cm³/mol. The highest BCUT2D eigenvalue weighted by molar-refractivity contribution is 8.45. The fourth-order valence-electron chi connectivity index (χ4n) is 1.74. The van der Waals surface area contributed by atoms with E-state index in [-0.39, 0.29) is 12.0 Å². The predicted octanol–water partition coefficient (Wildman–Crippen LogP) is 2.73. The molecule has 1 fully saturated rings. The topological polar surface area (TPSA) is 45.4 Å². The monoisotopic (exact) mass is 304 g/mol. The van der Waals surface area contributed by atoms with Gasteiger partial charge in [0.05, 0.1) is 6.20 Å². The standard InChI is InChI=1S/C9H13F5N4S/c10-19(11,12,13,14)8-1-2-9(16-7-8)17-3-5-18(15)6-4-17/h1-2,7H,3-6,15H2. The molecule has 4 nitrogen and oxygen atoms in total. The minimum Gasteiger partial charge on any atom is -0.354 e. The zero-order valence-electron chi connectivity index (χ0n) is 9.78. The Bertz CT molecular complexity index is 465. The summed E-state index contributed by atoms with van der Waals surface area (Å²) in [4.78, 5) is 3.20. The summed E-state index contributed by atoms with van der Waals surface area (Å²) in [5.74, 6) is 5.77. The van der Waals surface area contributed by atoms with E-state index >= 15 is 0 Å². The molecule has 0 atom stereocenters. The number of piperazine rings is 1. The minimum absolute atomic E-state index is 0.186. The fraction of sp³-hybridized carbons (Fsp3) is 0.444. The SMILES string of the molecule is NN1CCN(c2ccc(S(F)(F)(F)(F)F)cn2)CC1. The van der Waals surface area contributed by atoms with Gasteiger partial charge in [0, 0.05) is 26.2 Å². The Hall–Kier alpha value is -1.13. The van der Waals surface area contributed by atoms with Gasteiger partial charge < -0.3 is 4.90 Å². The third-order valence-corrected chi connectivity index (χ3v) is 3.94. The second-order valence-corrected chi connectivity index (χ2v) is 6.75. The van der Waals surface area contributed by atoms with E-state index in [0.717, 1.165) is 6.07 Å². The molecule has 0 aromatic carbocycles. The number of anilines is 1. The summed E-state index contributed by atoms with van der Waals surface area (Å²) in [6.45, 7) is 2.04. The van der Waals surface area contributed by atoms with Crippen LogP contribution in [-0.4, -0.2) is 36.2 Å². The molecule has 110 valence electrons. The van der Waals surface area contributed by atoms with Crippen LogP contribution in [0.3, 0.4) is 0 Å². The van der Waals surface area contributed by atoms with E-state index in [2.05, 4.69) is 4.98 Å². The van der Waals surface area contributed by atoms with Crippen molar-refractivity contribution in [2.24, 2.45) is 5.84 Å². The van der Waals surface area contributed by atoms with Crippen LogP contribution in [0.2, 0.25) is 0 Å². The molecule has 1 aromatic rings. The van der Waals surface area contributed by atoms with Crippen LogP contribution >= 0.6 is 10.2 Å². The number of aromatic nitrogens is 1. The molecular weight excluding hydrogens is 291 g/mol. The summed E-state index contributed by atoms with van der Waals surface area (Å²) in [6.07, 6.45) is 0.186. The van der Waals surface area contributed by atoms with Gasteiger partial charge in [0.25, 0.3) is 0 Å². The van der Waals surface area contributed by atoms with Gasteiger partial charge in [-0.05, 0) is 12.1 Å². The summed E-state index contributed by atoms with van der Waals surface area (Å²) >= 11 is 0. The van der Waals surface area contributed by atoms with Gasteiger partial charge >= 0.3 is 10.2 Å². The summed E-state index contributed by atoms with van der Waals surface area (Å²) in [5.41, 5.74) is 0. The molecule has 0 saturated carbocycles. The molecule has 1 aliphatic heterocycles. The lowest BCUT2D eigenvalue weighted by atomic mass is 10.3. The number of halogens is 5. The Kier molecular flexibility index (Phi) is 2.78. The molecule has 0 spiro atoms. The number of hydrazine groups is 1. The van der Waals surface area contributed by atoms with Crippen LogP contribution in [0.25, 0.3) is 0 Å². The summed E-state index contributed by atoms with van der Waals surface area (Å²) in [5, 5.41) is 1.57. The first-order valence-electron chi connectivity index (χ1n) is 5.40. The Balaban J connectivity index is 2.21. The fourth-order valence-corrected chi connectivity index (χ4v) is 2.32. The van der Waals surface area contributed by atoms with E-state index in [0.29, 0.717) is 32.2 Å². The van der Waals surface area contributed by atoms with Crippen molar-refractivity contribution in [3.05, 3.63) is 18.3 Å². The molecule has 0 aliphatic carbocycles. The molecule has 2 N–H and O–H groups in total. The lowest BCUT2D eigenvalue weighted by Crippen LogP contribution is -2.49. The molecule has 1 saturated heterocycles. The summed E-state index contributed by atoms with van der Waals surface area (Å²) < 4.78 is 62.5. The van der Waals surface area contributed by atoms with E-state index in [4.69, 9.17) is 5.84 Å². The zero-order chi connectivity index (χ0) is 14.4. The highest BCUT2D eigenvalue weighted by atomic mass is 32.5. The van der Waals surface area contributed by atoms with Crippen molar-refractivity contribution in [1.29, 1.82) is 0 Å². The maximum atomic E-state index is 12.5. The van der Waals surface area contributed by atoms with Crippen molar-refractivity contribution < 1.29 is 19.4 Å². The van der Waals surface area contributed by atoms with Crippen molar-refractivity contribution in [1.82, 2.24) is 9.99 Å². The largest absolute Gasteiger partial charge is 0.354 e. The molecule has 2 heterocycles. The molecule has 0 bridgehead atoms.